The van der Waals surface area contributed by atoms with Gasteiger partial charge in [-0.1, -0.05) is 12.1 Å². The van der Waals surface area contributed by atoms with Crippen LogP contribution in [0.4, 0.5) is 0 Å². The third-order valence-corrected chi connectivity index (χ3v) is 4.05. The molecule has 2 aromatic rings. The molecule has 1 N–H and O–H groups in total. The molecule has 0 aliphatic heterocycles. The predicted molar refractivity (Wildman–Crippen MR) is 77.3 cm³/mol. The lowest BCUT2D eigenvalue weighted by Crippen LogP contribution is -2.02. The van der Waals surface area contributed by atoms with Crippen molar-refractivity contribution in [2.75, 3.05) is 7.05 Å². The standard InChI is InChI=1S/C15H19NOS/c1-11-5-4-6-15(12(11)2)17-10-14-8-7-13(18-14)9-16-3/h4-8,16H,9-10H2,1-3H3. The molecule has 2 nitrogen and oxygen atoms in total. The minimum atomic E-state index is 0.651. The van der Waals surface area contributed by atoms with Crippen LogP contribution in [0.15, 0.2) is 30.3 Å². The van der Waals surface area contributed by atoms with E-state index < -0.39 is 0 Å². The molecule has 0 atom stereocenters. The number of aryl methyl sites for hydroxylation is 1. The second-order valence-electron chi connectivity index (χ2n) is 4.39. The van der Waals surface area contributed by atoms with Crippen molar-refractivity contribution >= 4 is 11.3 Å². The summed E-state index contributed by atoms with van der Waals surface area (Å²) in [4.78, 5) is 2.61. The van der Waals surface area contributed by atoms with Crippen molar-refractivity contribution in [2.45, 2.75) is 27.0 Å². The monoisotopic (exact) mass is 261 g/mol. The maximum atomic E-state index is 5.89. The Bertz CT molecular complexity index is 519. The summed E-state index contributed by atoms with van der Waals surface area (Å²) in [5.74, 6) is 0.985. The van der Waals surface area contributed by atoms with E-state index in [-0.39, 0.29) is 0 Å². The first-order chi connectivity index (χ1) is 8.70. The molecule has 0 amide bonds. The van der Waals surface area contributed by atoms with Gasteiger partial charge in [0.15, 0.2) is 0 Å². The highest BCUT2D eigenvalue weighted by Gasteiger charge is 2.04. The van der Waals surface area contributed by atoms with E-state index in [1.54, 1.807) is 11.3 Å². The van der Waals surface area contributed by atoms with Crippen molar-refractivity contribution < 1.29 is 4.74 Å². The van der Waals surface area contributed by atoms with Gasteiger partial charge >= 0.3 is 0 Å². The molecule has 0 saturated carbocycles. The Kier molecular flexibility index (Phi) is 4.39. The fourth-order valence-corrected chi connectivity index (χ4v) is 2.74. The van der Waals surface area contributed by atoms with Gasteiger partial charge in [0.2, 0.25) is 0 Å². The summed E-state index contributed by atoms with van der Waals surface area (Å²) in [6.45, 7) is 5.79. The number of ether oxygens (including phenoxy) is 1. The van der Waals surface area contributed by atoms with Crippen LogP contribution in [-0.2, 0) is 13.2 Å². The van der Waals surface area contributed by atoms with Crippen molar-refractivity contribution in [1.29, 1.82) is 0 Å². The predicted octanol–water partition coefficient (Wildman–Crippen LogP) is 3.66. The topological polar surface area (TPSA) is 21.3 Å². The van der Waals surface area contributed by atoms with Gasteiger partial charge in [-0.05, 0) is 50.2 Å². The van der Waals surface area contributed by atoms with Gasteiger partial charge in [0.05, 0.1) is 0 Å². The molecule has 0 radical (unpaired) electrons. The van der Waals surface area contributed by atoms with Crippen molar-refractivity contribution in [1.82, 2.24) is 5.32 Å². The molecule has 0 spiro atoms. The highest BCUT2D eigenvalue weighted by molar-refractivity contribution is 7.11. The number of hydrogen-bond donors (Lipinski definition) is 1. The van der Waals surface area contributed by atoms with Gasteiger partial charge in [0.1, 0.15) is 12.4 Å². The van der Waals surface area contributed by atoms with Crippen molar-refractivity contribution in [3.8, 4) is 5.75 Å². The molecule has 2 rings (SSSR count). The third-order valence-electron chi connectivity index (χ3n) is 2.99. The van der Waals surface area contributed by atoms with Gasteiger partial charge in [0, 0.05) is 16.3 Å². The van der Waals surface area contributed by atoms with Crippen LogP contribution in [0.3, 0.4) is 0 Å². The molecule has 1 heterocycles. The summed E-state index contributed by atoms with van der Waals surface area (Å²) < 4.78 is 5.89. The summed E-state index contributed by atoms with van der Waals surface area (Å²) in [6.07, 6.45) is 0. The second kappa shape index (κ2) is 6.03. The van der Waals surface area contributed by atoms with Crippen LogP contribution in [0.5, 0.6) is 5.75 Å². The highest BCUT2D eigenvalue weighted by atomic mass is 32.1. The molecule has 96 valence electrons. The van der Waals surface area contributed by atoms with E-state index in [2.05, 4.69) is 37.4 Å². The minimum Gasteiger partial charge on any atom is -0.488 e. The van der Waals surface area contributed by atoms with E-state index in [1.165, 1.54) is 20.9 Å². The number of nitrogens with one attached hydrogen (secondary N) is 1. The highest BCUT2D eigenvalue weighted by Crippen LogP contribution is 2.23. The fourth-order valence-electron chi connectivity index (χ4n) is 1.80. The quantitative estimate of drug-likeness (QED) is 0.887. The summed E-state index contributed by atoms with van der Waals surface area (Å²) in [5.41, 5.74) is 2.50. The van der Waals surface area contributed by atoms with Gasteiger partial charge in [-0.3, -0.25) is 0 Å². The lowest BCUT2D eigenvalue weighted by atomic mass is 10.1. The molecule has 0 fully saturated rings. The molecule has 0 unspecified atom stereocenters. The number of thiophene rings is 1. The summed E-state index contributed by atoms with van der Waals surface area (Å²) >= 11 is 1.80. The normalized spacial score (nSPS) is 10.6. The van der Waals surface area contributed by atoms with Gasteiger partial charge in [-0.15, -0.1) is 11.3 Å². The fraction of sp³-hybridized carbons (Fsp3) is 0.333. The van der Waals surface area contributed by atoms with Crippen LogP contribution < -0.4 is 10.1 Å². The molecule has 0 aliphatic carbocycles. The molecule has 1 aromatic heterocycles. The Morgan fingerprint density at radius 2 is 1.89 bits per heavy atom. The molecular weight excluding hydrogens is 242 g/mol. The van der Waals surface area contributed by atoms with E-state index in [0.29, 0.717) is 6.61 Å². The van der Waals surface area contributed by atoms with Crippen LogP contribution in [0.1, 0.15) is 20.9 Å². The molecule has 0 bridgehead atoms. The smallest absolute Gasteiger partial charge is 0.123 e. The molecule has 18 heavy (non-hydrogen) atoms. The Morgan fingerprint density at radius 3 is 2.67 bits per heavy atom. The largest absolute Gasteiger partial charge is 0.488 e. The van der Waals surface area contributed by atoms with Crippen molar-refractivity contribution in [3.05, 3.63) is 51.2 Å². The van der Waals surface area contributed by atoms with Crippen LogP contribution in [0.2, 0.25) is 0 Å². The summed E-state index contributed by atoms with van der Waals surface area (Å²) in [7, 11) is 1.96. The van der Waals surface area contributed by atoms with Crippen LogP contribution in [-0.4, -0.2) is 7.05 Å². The second-order valence-corrected chi connectivity index (χ2v) is 5.64. The molecule has 0 aliphatic rings. The van der Waals surface area contributed by atoms with Gasteiger partial charge < -0.3 is 10.1 Å². The Balaban J connectivity index is 2.00. The van der Waals surface area contributed by atoms with Crippen molar-refractivity contribution in [2.24, 2.45) is 0 Å². The summed E-state index contributed by atoms with van der Waals surface area (Å²) in [5, 5.41) is 3.16. The number of hydrogen-bond acceptors (Lipinski definition) is 3. The van der Waals surface area contributed by atoms with Gasteiger partial charge in [-0.2, -0.15) is 0 Å². The summed E-state index contributed by atoms with van der Waals surface area (Å²) in [6, 6.07) is 10.5. The first kappa shape index (κ1) is 13.1. The Labute approximate surface area is 113 Å². The Hall–Kier alpha value is -1.32. The van der Waals surface area contributed by atoms with Crippen LogP contribution in [0, 0.1) is 13.8 Å². The van der Waals surface area contributed by atoms with Crippen LogP contribution in [0.25, 0.3) is 0 Å². The van der Waals surface area contributed by atoms with Gasteiger partial charge in [0.25, 0.3) is 0 Å². The maximum absolute atomic E-state index is 5.89. The maximum Gasteiger partial charge on any atom is 0.123 e. The van der Waals surface area contributed by atoms with E-state index in [4.69, 9.17) is 4.74 Å². The minimum absolute atomic E-state index is 0.651. The zero-order valence-corrected chi connectivity index (χ0v) is 11.9. The Morgan fingerprint density at radius 1 is 1.11 bits per heavy atom. The lowest BCUT2D eigenvalue weighted by Gasteiger charge is -2.09. The van der Waals surface area contributed by atoms with Crippen LogP contribution >= 0.6 is 11.3 Å². The van der Waals surface area contributed by atoms with Crippen molar-refractivity contribution in [3.63, 3.8) is 0 Å². The van der Waals surface area contributed by atoms with E-state index in [9.17, 15) is 0 Å². The first-order valence-corrected chi connectivity index (χ1v) is 6.93. The lowest BCUT2D eigenvalue weighted by molar-refractivity contribution is 0.307. The SMILES string of the molecule is CNCc1ccc(COc2cccc(C)c2C)s1. The van der Waals surface area contributed by atoms with E-state index in [1.807, 2.05) is 19.2 Å². The average molecular weight is 261 g/mol. The van der Waals surface area contributed by atoms with Gasteiger partial charge in [-0.25, -0.2) is 0 Å². The zero-order chi connectivity index (χ0) is 13.0. The molecular formula is C15H19NOS. The molecule has 3 heteroatoms. The third kappa shape index (κ3) is 3.12. The first-order valence-electron chi connectivity index (χ1n) is 6.12. The number of benzene rings is 1. The average Bonchev–Trinajstić information content (AvgIpc) is 2.79. The number of rotatable bonds is 5. The zero-order valence-electron chi connectivity index (χ0n) is 11.1. The molecule has 0 saturated heterocycles. The van der Waals surface area contributed by atoms with E-state index in [0.717, 1.165) is 12.3 Å². The molecule has 1 aromatic carbocycles. The van der Waals surface area contributed by atoms with E-state index >= 15 is 0 Å².